The fourth-order valence-corrected chi connectivity index (χ4v) is 3.96. The molecule has 0 aliphatic carbocycles. The van der Waals surface area contributed by atoms with Crippen molar-refractivity contribution in [2.75, 3.05) is 31.8 Å². The number of amides is 1. The van der Waals surface area contributed by atoms with Gasteiger partial charge in [0.2, 0.25) is 0 Å². The minimum atomic E-state index is -0.508. The Hall–Kier alpha value is -2.21. The standard InChI is InChI=1S/C24H31NO4/c1-17-10-9-11-18(2)22(17)25(21(26)14-27-5)19(3)23-28-15-24(4,16-29-23)20-12-7-6-8-13-20/h6-13,19,23H,14-16H2,1-5H3. The highest BCUT2D eigenvalue weighted by Crippen LogP contribution is 2.33. The van der Waals surface area contributed by atoms with Gasteiger partial charge in [-0.05, 0) is 37.5 Å². The van der Waals surface area contributed by atoms with Crippen molar-refractivity contribution in [3.8, 4) is 0 Å². The van der Waals surface area contributed by atoms with Gasteiger partial charge in [0.1, 0.15) is 6.61 Å². The van der Waals surface area contributed by atoms with E-state index >= 15 is 0 Å². The number of methoxy groups -OCH3 is 1. The second kappa shape index (κ2) is 9.08. The summed E-state index contributed by atoms with van der Waals surface area (Å²) in [6.07, 6.45) is -0.508. The second-order valence-corrected chi connectivity index (χ2v) is 8.09. The summed E-state index contributed by atoms with van der Waals surface area (Å²) < 4.78 is 17.5. The predicted octanol–water partition coefficient (Wildman–Crippen LogP) is 4.00. The zero-order valence-corrected chi connectivity index (χ0v) is 18.0. The lowest BCUT2D eigenvalue weighted by Crippen LogP contribution is -2.54. The first-order chi connectivity index (χ1) is 13.9. The molecule has 0 bridgehead atoms. The van der Waals surface area contributed by atoms with Crippen LogP contribution in [0.4, 0.5) is 5.69 Å². The molecule has 1 aliphatic rings. The molecule has 5 heteroatoms. The third-order valence-corrected chi connectivity index (χ3v) is 5.62. The maximum absolute atomic E-state index is 13.0. The number of benzene rings is 2. The van der Waals surface area contributed by atoms with Crippen molar-refractivity contribution in [3.05, 3.63) is 65.2 Å². The zero-order chi connectivity index (χ0) is 21.0. The summed E-state index contributed by atoms with van der Waals surface area (Å²) in [4.78, 5) is 14.7. The lowest BCUT2D eigenvalue weighted by atomic mass is 9.83. The van der Waals surface area contributed by atoms with Crippen LogP contribution in [0, 0.1) is 13.8 Å². The number of hydrogen-bond acceptors (Lipinski definition) is 4. The molecule has 2 aromatic rings. The van der Waals surface area contributed by atoms with Crippen LogP contribution < -0.4 is 4.90 Å². The average molecular weight is 398 g/mol. The quantitative estimate of drug-likeness (QED) is 0.739. The third-order valence-electron chi connectivity index (χ3n) is 5.62. The molecule has 2 aromatic carbocycles. The fraction of sp³-hybridized carbons (Fsp3) is 0.458. The van der Waals surface area contributed by atoms with Gasteiger partial charge in [-0.15, -0.1) is 0 Å². The Morgan fingerprint density at radius 1 is 1.10 bits per heavy atom. The Bertz CT molecular complexity index is 808. The number of anilines is 1. The van der Waals surface area contributed by atoms with Crippen molar-refractivity contribution in [2.45, 2.75) is 45.4 Å². The summed E-state index contributed by atoms with van der Waals surface area (Å²) in [6.45, 7) is 9.20. The maximum atomic E-state index is 13.0. The van der Waals surface area contributed by atoms with E-state index in [1.54, 1.807) is 4.90 Å². The molecule has 0 radical (unpaired) electrons. The number of ether oxygens (including phenoxy) is 3. The predicted molar refractivity (Wildman–Crippen MR) is 114 cm³/mol. The zero-order valence-electron chi connectivity index (χ0n) is 18.0. The Morgan fingerprint density at radius 2 is 1.69 bits per heavy atom. The van der Waals surface area contributed by atoms with Crippen LogP contribution in [0.5, 0.6) is 0 Å². The molecule has 29 heavy (non-hydrogen) atoms. The molecule has 0 aromatic heterocycles. The van der Waals surface area contributed by atoms with Crippen molar-refractivity contribution in [3.63, 3.8) is 0 Å². The molecule has 1 saturated heterocycles. The van der Waals surface area contributed by atoms with Gasteiger partial charge in [0, 0.05) is 12.5 Å². The first kappa shape index (κ1) is 21.5. The molecule has 1 aliphatic heterocycles. The Balaban J connectivity index is 1.82. The number of hydrogen-bond donors (Lipinski definition) is 0. The smallest absolute Gasteiger partial charge is 0.253 e. The molecule has 1 amide bonds. The topological polar surface area (TPSA) is 48.0 Å². The highest BCUT2D eigenvalue weighted by atomic mass is 16.7. The van der Waals surface area contributed by atoms with Gasteiger partial charge in [-0.3, -0.25) is 4.79 Å². The molecule has 0 spiro atoms. The molecule has 5 nitrogen and oxygen atoms in total. The van der Waals surface area contributed by atoms with Crippen LogP contribution in [0.3, 0.4) is 0 Å². The molecule has 1 heterocycles. The van der Waals surface area contributed by atoms with Gasteiger partial charge < -0.3 is 19.1 Å². The summed E-state index contributed by atoms with van der Waals surface area (Å²) in [5.41, 5.74) is 3.94. The number of rotatable bonds is 6. The van der Waals surface area contributed by atoms with E-state index < -0.39 is 6.29 Å². The van der Waals surface area contributed by atoms with E-state index in [9.17, 15) is 4.79 Å². The number of carbonyl (C=O) groups excluding carboxylic acids is 1. The molecule has 0 N–H and O–H groups in total. The summed E-state index contributed by atoms with van der Waals surface area (Å²) in [6, 6.07) is 16.0. The van der Waals surface area contributed by atoms with Gasteiger partial charge in [0.05, 0.1) is 24.9 Å². The minimum absolute atomic E-state index is 0.00651. The first-order valence-electron chi connectivity index (χ1n) is 10.0. The minimum Gasteiger partial charge on any atom is -0.375 e. The molecule has 1 atom stereocenters. The molecule has 0 saturated carbocycles. The van der Waals surface area contributed by atoms with Gasteiger partial charge in [-0.25, -0.2) is 0 Å². The molecular formula is C24H31NO4. The fourth-order valence-electron chi connectivity index (χ4n) is 3.96. The number of carbonyl (C=O) groups is 1. The van der Waals surface area contributed by atoms with Crippen molar-refractivity contribution >= 4 is 11.6 Å². The Labute approximate surface area is 173 Å². The average Bonchev–Trinajstić information content (AvgIpc) is 2.72. The van der Waals surface area contributed by atoms with Crippen LogP contribution >= 0.6 is 0 Å². The SMILES string of the molecule is COCC(=O)N(c1c(C)cccc1C)C(C)C1OCC(C)(c2ccccc2)CO1. The van der Waals surface area contributed by atoms with Crippen LogP contribution in [0.25, 0.3) is 0 Å². The van der Waals surface area contributed by atoms with E-state index in [0.717, 1.165) is 16.8 Å². The summed E-state index contributed by atoms with van der Waals surface area (Å²) in [7, 11) is 1.53. The van der Waals surface area contributed by atoms with Crippen molar-refractivity contribution < 1.29 is 19.0 Å². The van der Waals surface area contributed by atoms with Crippen LogP contribution in [-0.4, -0.2) is 45.2 Å². The third kappa shape index (κ3) is 4.53. The van der Waals surface area contributed by atoms with Crippen molar-refractivity contribution in [1.82, 2.24) is 0 Å². The molecule has 156 valence electrons. The van der Waals surface area contributed by atoms with E-state index in [1.165, 1.54) is 12.7 Å². The first-order valence-corrected chi connectivity index (χ1v) is 10.0. The molecule has 3 rings (SSSR count). The molecule has 1 unspecified atom stereocenters. The van der Waals surface area contributed by atoms with E-state index in [0.29, 0.717) is 13.2 Å². The maximum Gasteiger partial charge on any atom is 0.253 e. The summed E-state index contributed by atoms with van der Waals surface area (Å²) in [5, 5.41) is 0. The van der Waals surface area contributed by atoms with E-state index in [4.69, 9.17) is 14.2 Å². The molecule has 1 fully saturated rings. The number of nitrogens with zero attached hydrogens (tertiary/aromatic N) is 1. The van der Waals surface area contributed by atoms with Crippen molar-refractivity contribution in [2.24, 2.45) is 0 Å². The highest BCUT2D eigenvalue weighted by Gasteiger charge is 2.39. The van der Waals surface area contributed by atoms with Crippen LogP contribution in [0.2, 0.25) is 0 Å². The van der Waals surface area contributed by atoms with E-state index in [-0.39, 0.29) is 24.0 Å². The van der Waals surface area contributed by atoms with Gasteiger partial charge in [0.15, 0.2) is 6.29 Å². The Morgan fingerprint density at radius 3 is 2.24 bits per heavy atom. The van der Waals surface area contributed by atoms with Crippen LogP contribution in [-0.2, 0) is 24.4 Å². The normalized spacial score (nSPS) is 22.9. The summed E-state index contributed by atoms with van der Waals surface area (Å²) >= 11 is 0. The van der Waals surface area contributed by atoms with Crippen LogP contribution in [0.15, 0.2) is 48.5 Å². The van der Waals surface area contributed by atoms with Gasteiger partial charge in [0.25, 0.3) is 5.91 Å². The van der Waals surface area contributed by atoms with Gasteiger partial charge in [-0.2, -0.15) is 0 Å². The number of aryl methyl sites for hydroxylation is 2. The second-order valence-electron chi connectivity index (χ2n) is 8.09. The van der Waals surface area contributed by atoms with E-state index in [1.807, 2.05) is 57.2 Å². The monoisotopic (exact) mass is 397 g/mol. The van der Waals surface area contributed by atoms with E-state index in [2.05, 4.69) is 19.1 Å². The lowest BCUT2D eigenvalue weighted by Gasteiger charge is -2.42. The van der Waals surface area contributed by atoms with Crippen LogP contribution in [0.1, 0.15) is 30.5 Å². The van der Waals surface area contributed by atoms with Crippen molar-refractivity contribution in [1.29, 1.82) is 0 Å². The Kier molecular flexibility index (Phi) is 6.73. The number of para-hydroxylation sites is 1. The lowest BCUT2D eigenvalue weighted by molar-refractivity contribution is -0.214. The van der Waals surface area contributed by atoms with Gasteiger partial charge >= 0.3 is 0 Å². The molecular weight excluding hydrogens is 366 g/mol. The largest absolute Gasteiger partial charge is 0.375 e. The van der Waals surface area contributed by atoms with Gasteiger partial charge in [-0.1, -0.05) is 55.5 Å². The highest BCUT2D eigenvalue weighted by molar-refractivity contribution is 5.96. The summed E-state index contributed by atoms with van der Waals surface area (Å²) in [5.74, 6) is -0.110.